The van der Waals surface area contributed by atoms with E-state index >= 15 is 0 Å². The molecule has 0 saturated heterocycles. The molecule has 3 heterocycles. The van der Waals surface area contributed by atoms with Crippen LogP contribution in [0.4, 0.5) is 0 Å². The van der Waals surface area contributed by atoms with Gasteiger partial charge in [-0.15, -0.1) is 0 Å². The van der Waals surface area contributed by atoms with E-state index in [0.29, 0.717) is 48.8 Å². The number of methoxy groups -OCH3 is 1. The maximum Gasteiger partial charge on any atom is 0.255 e. The first-order valence-electron chi connectivity index (χ1n) is 14.1. The van der Waals surface area contributed by atoms with Gasteiger partial charge in [-0.1, -0.05) is 30.3 Å². The number of carbonyl (C=O) groups is 3. The fraction of sp³-hybridized carbons (Fsp3) is 0.281. The van der Waals surface area contributed by atoms with Crippen LogP contribution in [0, 0.1) is 0 Å². The Bertz CT molecular complexity index is 1540. The molecule has 2 aromatic heterocycles. The van der Waals surface area contributed by atoms with Crippen molar-refractivity contribution in [2.45, 2.75) is 25.4 Å². The molecule has 2 N–H and O–H groups in total. The summed E-state index contributed by atoms with van der Waals surface area (Å²) in [5.41, 5.74) is 2.09. The van der Waals surface area contributed by atoms with Crippen LogP contribution in [0.15, 0.2) is 85.5 Å². The molecule has 11 heteroatoms. The lowest BCUT2D eigenvalue weighted by Crippen LogP contribution is -2.51. The number of fused-ring (bicyclic) bond motifs is 4. The van der Waals surface area contributed by atoms with Gasteiger partial charge in [-0.3, -0.25) is 19.4 Å². The first-order chi connectivity index (χ1) is 21.0. The predicted molar refractivity (Wildman–Crippen MR) is 160 cm³/mol. The second-order valence-corrected chi connectivity index (χ2v) is 10.1. The Morgan fingerprint density at radius 3 is 2.72 bits per heavy atom. The number of amides is 3. The van der Waals surface area contributed by atoms with Gasteiger partial charge in [0.1, 0.15) is 11.9 Å². The van der Waals surface area contributed by atoms with E-state index in [-0.39, 0.29) is 31.5 Å². The molecule has 2 bridgehead atoms. The molecular weight excluding hydrogens is 548 g/mol. The van der Waals surface area contributed by atoms with Gasteiger partial charge in [-0.25, -0.2) is 4.98 Å². The molecule has 0 unspecified atom stereocenters. The normalized spacial score (nSPS) is 16.5. The molecule has 1 atom stereocenters. The van der Waals surface area contributed by atoms with Gasteiger partial charge in [-0.2, -0.15) is 0 Å². The van der Waals surface area contributed by atoms with Crippen molar-refractivity contribution >= 4 is 17.7 Å². The summed E-state index contributed by atoms with van der Waals surface area (Å²) in [5, 5.41) is 5.82. The molecule has 1 aliphatic rings. The molecule has 222 valence electrons. The van der Waals surface area contributed by atoms with Crippen molar-refractivity contribution in [1.82, 2.24) is 30.1 Å². The SMILES string of the molecule is COc1ccc2cc1OCCCN(C(=O)c1cccnc1)CC(=O)N[C@@H](Cc1ccccc1)C(=O)NCCn1ccnc1-2. The highest BCUT2D eigenvalue weighted by atomic mass is 16.5. The van der Waals surface area contributed by atoms with E-state index in [0.717, 1.165) is 11.1 Å². The summed E-state index contributed by atoms with van der Waals surface area (Å²) in [7, 11) is 1.57. The van der Waals surface area contributed by atoms with Crippen LogP contribution in [0.3, 0.4) is 0 Å². The molecule has 2 aromatic carbocycles. The lowest BCUT2D eigenvalue weighted by Gasteiger charge is -2.25. The van der Waals surface area contributed by atoms with E-state index < -0.39 is 11.9 Å². The number of benzene rings is 2. The summed E-state index contributed by atoms with van der Waals surface area (Å²) in [4.78, 5) is 50.1. The minimum Gasteiger partial charge on any atom is -0.493 e. The summed E-state index contributed by atoms with van der Waals surface area (Å²) in [5.74, 6) is 0.719. The van der Waals surface area contributed by atoms with E-state index in [1.54, 1.807) is 31.6 Å². The van der Waals surface area contributed by atoms with E-state index in [1.165, 1.54) is 11.1 Å². The molecule has 3 amide bonds. The third-order valence-corrected chi connectivity index (χ3v) is 7.08. The van der Waals surface area contributed by atoms with Crippen LogP contribution in [0.5, 0.6) is 11.5 Å². The average Bonchev–Trinajstić information content (AvgIpc) is 3.50. The topological polar surface area (TPSA) is 128 Å². The van der Waals surface area contributed by atoms with Crippen molar-refractivity contribution in [3.8, 4) is 22.9 Å². The van der Waals surface area contributed by atoms with E-state index in [9.17, 15) is 14.4 Å². The maximum atomic E-state index is 13.4. The zero-order valence-electron chi connectivity index (χ0n) is 23.9. The zero-order valence-corrected chi connectivity index (χ0v) is 23.9. The minimum absolute atomic E-state index is 0.233. The van der Waals surface area contributed by atoms with Crippen LogP contribution >= 0.6 is 0 Å². The van der Waals surface area contributed by atoms with Crippen LogP contribution in [0.2, 0.25) is 0 Å². The highest BCUT2D eigenvalue weighted by Gasteiger charge is 2.25. The van der Waals surface area contributed by atoms with Crippen molar-refractivity contribution in [3.63, 3.8) is 0 Å². The summed E-state index contributed by atoms with van der Waals surface area (Å²) in [6, 6.07) is 17.6. The molecule has 0 fully saturated rings. The molecule has 0 aliphatic carbocycles. The van der Waals surface area contributed by atoms with Crippen LogP contribution in [-0.4, -0.2) is 76.5 Å². The number of hydrogen-bond acceptors (Lipinski definition) is 7. The van der Waals surface area contributed by atoms with Crippen LogP contribution in [0.1, 0.15) is 22.3 Å². The molecule has 43 heavy (non-hydrogen) atoms. The molecule has 11 nitrogen and oxygen atoms in total. The van der Waals surface area contributed by atoms with Gasteiger partial charge in [0.25, 0.3) is 5.91 Å². The molecule has 0 radical (unpaired) electrons. The Kier molecular flexibility index (Phi) is 9.63. The first-order valence-corrected chi connectivity index (χ1v) is 14.1. The third kappa shape index (κ3) is 7.56. The first kappa shape index (κ1) is 29.3. The van der Waals surface area contributed by atoms with Gasteiger partial charge in [0, 0.05) is 56.4 Å². The Morgan fingerprint density at radius 2 is 1.93 bits per heavy atom. The van der Waals surface area contributed by atoms with Crippen LogP contribution < -0.4 is 20.1 Å². The van der Waals surface area contributed by atoms with Crippen molar-refractivity contribution in [3.05, 3.63) is 96.6 Å². The van der Waals surface area contributed by atoms with Gasteiger partial charge in [0.15, 0.2) is 11.5 Å². The number of nitrogens with zero attached hydrogens (tertiary/aromatic N) is 4. The van der Waals surface area contributed by atoms with Gasteiger partial charge in [0.05, 0.1) is 25.8 Å². The van der Waals surface area contributed by atoms with E-state index in [1.807, 2.05) is 59.3 Å². The monoisotopic (exact) mass is 582 g/mol. The molecule has 5 rings (SSSR count). The highest BCUT2D eigenvalue weighted by Crippen LogP contribution is 2.32. The number of nitrogens with one attached hydrogen (secondary N) is 2. The van der Waals surface area contributed by atoms with Gasteiger partial charge < -0.3 is 29.6 Å². The lowest BCUT2D eigenvalue weighted by molar-refractivity contribution is -0.129. The zero-order chi connectivity index (χ0) is 30.0. The van der Waals surface area contributed by atoms with E-state index in [4.69, 9.17) is 9.47 Å². The Morgan fingerprint density at radius 1 is 1.07 bits per heavy atom. The number of aromatic nitrogens is 3. The Hall–Kier alpha value is -5.19. The minimum atomic E-state index is -0.834. The number of pyridine rings is 1. The van der Waals surface area contributed by atoms with Crippen molar-refractivity contribution < 1.29 is 23.9 Å². The second kappa shape index (κ2) is 14.1. The molecule has 0 spiro atoms. The number of imidazole rings is 1. The summed E-state index contributed by atoms with van der Waals surface area (Å²) < 4.78 is 13.5. The molecule has 1 aliphatic heterocycles. The largest absolute Gasteiger partial charge is 0.493 e. The van der Waals surface area contributed by atoms with Gasteiger partial charge in [0.2, 0.25) is 11.8 Å². The van der Waals surface area contributed by atoms with Crippen molar-refractivity contribution in [1.29, 1.82) is 0 Å². The standard InChI is InChI=1S/C32H34N6O5/c1-42-27-11-10-24-20-28(27)43-18-6-15-38(32(41)25-9-5-12-33-21-25)22-29(39)36-26(19-23-7-3-2-4-8-23)31(40)35-14-17-37-16-13-34-30(24)37/h2-5,7-13,16,20-21,26H,6,14-15,17-19,22H2,1H3,(H,35,40)(H,36,39)/t26-/m0/s1. The average molecular weight is 583 g/mol. The third-order valence-electron chi connectivity index (χ3n) is 7.08. The second-order valence-electron chi connectivity index (χ2n) is 10.1. The summed E-state index contributed by atoms with van der Waals surface area (Å²) in [6.07, 6.45) is 7.34. The predicted octanol–water partition coefficient (Wildman–Crippen LogP) is 2.72. The molecule has 4 aromatic rings. The number of ether oxygens (including phenoxy) is 2. The number of rotatable bonds is 4. The summed E-state index contributed by atoms with van der Waals surface area (Å²) >= 11 is 0. The van der Waals surface area contributed by atoms with Crippen LogP contribution in [-0.2, 0) is 22.6 Å². The molecule has 0 saturated carbocycles. The highest BCUT2D eigenvalue weighted by molar-refractivity contribution is 5.97. The van der Waals surface area contributed by atoms with Gasteiger partial charge >= 0.3 is 0 Å². The fourth-order valence-corrected chi connectivity index (χ4v) is 4.94. The number of hydrogen-bond donors (Lipinski definition) is 2. The van der Waals surface area contributed by atoms with Crippen molar-refractivity contribution in [2.24, 2.45) is 0 Å². The lowest BCUT2D eigenvalue weighted by atomic mass is 10.1. The van der Waals surface area contributed by atoms with Gasteiger partial charge in [-0.05, 0) is 42.3 Å². The van der Waals surface area contributed by atoms with Crippen LogP contribution in [0.25, 0.3) is 11.4 Å². The Labute approximate surface area is 249 Å². The quantitative estimate of drug-likeness (QED) is 0.379. The Balaban J connectivity index is 1.43. The summed E-state index contributed by atoms with van der Waals surface area (Å²) in [6.45, 7) is 1.05. The smallest absolute Gasteiger partial charge is 0.255 e. The fourth-order valence-electron chi connectivity index (χ4n) is 4.94. The maximum absolute atomic E-state index is 13.4. The van der Waals surface area contributed by atoms with E-state index in [2.05, 4.69) is 20.6 Å². The molecular formula is C32H34N6O5. The van der Waals surface area contributed by atoms with Crippen molar-refractivity contribution in [2.75, 3.05) is 33.4 Å². The number of carbonyl (C=O) groups excluding carboxylic acids is 3.